The highest BCUT2D eigenvalue weighted by Gasteiger charge is 2.14. The summed E-state index contributed by atoms with van der Waals surface area (Å²) in [5.41, 5.74) is 11.4. The predicted octanol–water partition coefficient (Wildman–Crippen LogP) is -0.602. The van der Waals surface area contributed by atoms with E-state index in [2.05, 4.69) is 0 Å². The Labute approximate surface area is 69.6 Å². The van der Waals surface area contributed by atoms with Gasteiger partial charge >= 0.3 is 0 Å². The molecule has 1 fully saturated rings. The van der Waals surface area contributed by atoms with Crippen LogP contribution in [0.3, 0.4) is 0 Å². The summed E-state index contributed by atoms with van der Waals surface area (Å²) in [5, 5.41) is 0.872. The molecule has 64 valence electrons. The number of nitrogens with two attached hydrogens (primary N) is 2. The lowest BCUT2D eigenvalue weighted by atomic mass is 10.2. The molecule has 0 amide bonds. The monoisotopic (exact) mass is 172 g/mol. The topological polar surface area (TPSA) is 61.3 Å². The summed E-state index contributed by atoms with van der Waals surface area (Å²) in [7, 11) is -0.418. The summed E-state index contributed by atoms with van der Waals surface area (Å²) in [4.78, 5) is 0. The highest BCUT2D eigenvalue weighted by molar-refractivity contribution is 6.46. The normalized spacial score (nSPS) is 28.0. The van der Waals surface area contributed by atoms with Crippen LogP contribution in [0.25, 0.3) is 0 Å². The fourth-order valence-electron chi connectivity index (χ4n) is 1.30. The van der Waals surface area contributed by atoms with Crippen LogP contribution in [-0.4, -0.2) is 21.9 Å². The molecule has 4 heteroatoms. The van der Waals surface area contributed by atoms with Crippen molar-refractivity contribution < 1.29 is 4.74 Å². The van der Waals surface area contributed by atoms with Crippen LogP contribution in [0.5, 0.6) is 0 Å². The largest absolute Gasteiger partial charge is 0.405 e. The molecule has 1 rings (SSSR count). The Bertz CT molecular complexity index is 143. The molecule has 1 heterocycles. The quantitative estimate of drug-likeness (QED) is 0.547. The van der Waals surface area contributed by atoms with Gasteiger partial charge in [-0.2, -0.15) is 0 Å². The Hall–Kier alpha value is -0.483. The second-order valence-corrected chi connectivity index (χ2v) is 5.07. The molecule has 1 unspecified atom stereocenters. The Morgan fingerprint density at radius 1 is 1.55 bits per heavy atom. The summed E-state index contributed by atoms with van der Waals surface area (Å²) >= 11 is 0. The first-order valence-electron chi connectivity index (χ1n) is 4.11. The van der Waals surface area contributed by atoms with Gasteiger partial charge in [-0.05, 0) is 19.3 Å². The van der Waals surface area contributed by atoms with Crippen LogP contribution in [0.2, 0.25) is 0 Å². The van der Waals surface area contributed by atoms with Gasteiger partial charge < -0.3 is 16.2 Å². The van der Waals surface area contributed by atoms with E-state index in [0.717, 1.165) is 11.9 Å². The Kier molecular flexibility index (Phi) is 3.45. The van der Waals surface area contributed by atoms with Crippen LogP contribution in [0, 0.1) is 0 Å². The molecule has 1 aliphatic rings. The van der Waals surface area contributed by atoms with E-state index in [4.69, 9.17) is 16.2 Å². The van der Waals surface area contributed by atoms with E-state index in [1.54, 1.807) is 0 Å². The molecule has 1 saturated heterocycles. The van der Waals surface area contributed by atoms with Crippen molar-refractivity contribution in [2.75, 3.05) is 6.61 Å². The lowest BCUT2D eigenvalue weighted by Crippen LogP contribution is -2.29. The Morgan fingerprint density at radius 2 is 2.36 bits per heavy atom. The standard InChI is InChI=1S/C7H16N2OSi/c8-5-6(9)11-7-3-1-2-4-10-7/h5,7H,1-4,8-9,11H2. The number of ether oxygens (including phenoxy) is 1. The van der Waals surface area contributed by atoms with Gasteiger partial charge in [0.1, 0.15) is 9.52 Å². The van der Waals surface area contributed by atoms with Crippen molar-refractivity contribution in [3.05, 3.63) is 11.5 Å². The van der Waals surface area contributed by atoms with Crippen molar-refractivity contribution in [2.45, 2.75) is 25.0 Å². The fraction of sp³-hybridized carbons (Fsp3) is 0.714. The highest BCUT2D eigenvalue weighted by atomic mass is 28.2. The minimum absolute atomic E-state index is 0.418. The van der Waals surface area contributed by atoms with E-state index in [1.807, 2.05) is 0 Å². The van der Waals surface area contributed by atoms with Crippen molar-refractivity contribution in [3.63, 3.8) is 0 Å². The van der Waals surface area contributed by atoms with E-state index in [-0.39, 0.29) is 0 Å². The van der Waals surface area contributed by atoms with Crippen molar-refractivity contribution in [1.29, 1.82) is 0 Å². The van der Waals surface area contributed by atoms with Gasteiger partial charge in [-0.15, -0.1) is 0 Å². The molecule has 0 aromatic heterocycles. The van der Waals surface area contributed by atoms with Crippen LogP contribution in [0.1, 0.15) is 19.3 Å². The summed E-state index contributed by atoms with van der Waals surface area (Å²) in [5.74, 6) is 0. The zero-order valence-electron chi connectivity index (χ0n) is 6.75. The van der Waals surface area contributed by atoms with Crippen molar-refractivity contribution >= 4 is 9.52 Å². The average Bonchev–Trinajstić information content (AvgIpc) is 2.06. The van der Waals surface area contributed by atoms with Crippen LogP contribution in [0.15, 0.2) is 11.5 Å². The van der Waals surface area contributed by atoms with Gasteiger partial charge in [0.15, 0.2) is 0 Å². The molecule has 4 N–H and O–H groups in total. The lowest BCUT2D eigenvalue weighted by Gasteiger charge is -2.21. The summed E-state index contributed by atoms with van der Waals surface area (Å²) in [6, 6.07) is 0. The molecule has 0 aromatic rings. The molecule has 0 aliphatic carbocycles. The lowest BCUT2D eigenvalue weighted by molar-refractivity contribution is 0.0656. The molecule has 0 aromatic carbocycles. The van der Waals surface area contributed by atoms with Crippen LogP contribution in [-0.2, 0) is 4.74 Å². The Morgan fingerprint density at radius 3 is 2.91 bits per heavy atom. The third-order valence-corrected chi connectivity index (χ3v) is 3.76. The predicted molar refractivity (Wildman–Crippen MR) is 48.6 cm³/mol. The number of rotatable bonds is 2. The average molecular weight is 172 g/mol. The van der Waals surface area contributed by atoms with E-state index in [0.29, 0.717) is 5.73 Å². The van der Waals surface area contributed by atoms with E-state index in [1.165, 1.54) is 25.5 Å². The van der Waals surface area contributed by atoms with Crippen LogP contribution < -0.4 is 11.5 Å². The summed E-state index contributed by atoms with van der Waals surface area (Å²) in [6.07, 6.45) is 5.19. The molecule has 3 nitrogen and oxygen atoms in total. The zero-order chi connectivity index (χ0) is 8.10. The zero-order valence-corrected chi connectivity index (χ0v) is 8.17. The van der Waals surface area contributed by atoms with Crippen molar-refractivity contribution in [1.82, 2.24) is 0 Å². The molecule has 11 heavy (non-hydrogen) atoms. The minimum Gasteiger partial charge on any atom is -0.405 e. The summed E-state index contributed by atoms with van der Waals surface area (Å²) in [6.45, 7) is 0.912. The molecular formula is C7H16N2OSi. The molecule has 1 aliphatic heterocycles. The Balaban J connectivity index is 2.24. The summed E-state index contributed by atoms with van der Waals surface area (Å²) < 4.78 is 5.54. The number of hydrogen-bond donors (Lipinski definition) is 2. The maximum absolute atomic E-state index is 5.62. The minimum atomic E-state index is -0.418. The van der Waals surface area contributed by atoms with Crippen LogP contribution >= 0.6 is 0 Å². The SMILES string of the molecule is NC=C(N)[SiH2]C1CCCCO1. The second-order valence-electron chi connectivity index (χ2n) is 2.93. The first-order chi connectivity index (χ1) is 5.33. The third kappa shape index (κ3) is 2.94. The fourth-order valence-corrected chi connectivity index (χ4v) is 2.74. The molecule has 0 saturated carbocycles. The molecule has 1 atom stereocenters. The highest BCUT2D eigenvalue weighted by Crippen LogP contribution is 2.12. The molecule has 0 spiro atoms. The maximum Gasteiger partial charge on any atom is 0.110 e. The smallest absolute Gasteiger partial charge is 0.110 e. The molecule has 0 bridgehead atoms. The second kappa shape index (κ2) is 4.41. The third-order valence-electron chi connectivity index (χ3n) is 1.95. The van der Waals surface area contributed by atoms with E-state index >= 15 is 0 Å². The van der Waals surface area contributed by atoms with E-state index in [9.17, 15) is 0 Å². The molecular weight excluding hydrogens is 156 g/mol. The van der Waals surface area contributed by atoms with Gasteiger partial charge in [0.25, 0.3) is 0 Å². The van der Waals surface area contributed by atoms with Crippen LogP contribution in [0.4, 0.5) is 0 Å². The van der Waals surface area contributed by atoms with Gasteiger partial charge in [0.2, 0.25) is 0 Å². The van der Waals surface area contributed by atoms with Gasteiger partial charge in [-0.3, -0.25) is 0 Å². The van der Waals surface area contributed by atoms with Gasteiger partial charge in [0.05, 0.1) is 0 Å². The first kappa shape index (κ1) is 8.61. The van der Waals surface area contributed by atoms with Crippen molar-refractivity contribution in [2.24, 2.45) is 11.5 Å². The van der Waals surface area contributed by atoms with Crippen molar-refractivity contribution in [3.8, 4) is 0 Å². The van der Waals surface area contributed by atoms with E-state index < -0.39 is 9.52 Å². The van der Waals surface area contributed by atoms with Gasteiger partial charge in [0, 0.05) is 23.9 Å². The van der Waals surface area contributed by atoms with Gasteiger partial charge in [-0.25, -0.2) is 0 Å². The van der Waals surface area contributed by atoms with Gasteiger partial charge in [-0.1, -0.05) is 0 Å². The molecule has 0 radical (unpaired) electrons. The maximum atomic E-state index is 5.62. The first-order valence-corrected chi connectivity index (χ1v) is 5.63. The number of hydrogen-bond acceptors (Lipinski definition) is 3.